The molecule has 0 aliphatic heterocycles. The smallest absolute Gasteiger partial charge is 0.242 e. The number of benzene rings is 2. The van der Waals surface area contributed by atoms with E-state index >= 15 is 0 Å². The molecule has 0 aromatic heterocycles. The molecule has 0 spiro atoms. The third-order valence-electron chi connectivity index (χ3n) is 4.06. The van der Waals surface area contributed by atoms with Gasteiger partial charge in [0.25, 0.3) is 0 Å². The number of nitrogens with zero attached hydrogens (tertiary/aromatic N) is 2. The zero-order valence-corrected chi connectivity index (χ0v) is 16.7. The first-order valence-corrected chi connectivity index (χ1v) is 9.83. The van der Waals surface area contributed by atoms with Gasteiger partial charge in [-0.15, -0.1) is 0 Å². The van der Waals surface area contributed by atoms with Crippen LogP contribution in [0, 0.1) is 5.82 Å². The van der Waals surface area contributed by atoms with Crippen molar-refractivity contribution in [1.82, 2.24) is 4.31 Å². The number of aryl methyl sites for hydroxylation is 1. The number of hydrogen-bond acceptors (Lipinski definition) is 4. The molecule has 0 aliphatic rings. The highest BCUT2D eigenvalue weighted by molar-refractivity contribution is 7.89. The van der Waals surface area contributed by atoms with E-state index in [0.29, 0.717) is 17.8 Å². The average Bonchev–Trinajstić information content (AvgIpc) is 2.60. The second-order valence-corrected chi connectivity index (χ2v) is 8.69. The van der Waals surface area contributed by atoms with Gasteiger partial charge in [0.15, 0.2) is 0 Å². The Morgan fingerprint density at radius 1 is 1.04 bits per heavy atom. The Kier molecular flexibility index (Phi) is 6.56. The highest BCUT2D eigenvalue weighted by atomic mass is 32.2. The van der Waals surface area contributed by atoms with Crippen LogP contribution in [0.3, 0.4) is 0 Å². The lowest BCUT2D eigenvalue weighted by Crippen LogP contribution is -2.23. The van der Waals surface area contributed by atoms with Gasteiger partial charge in [-0.3, -0.25) is 4.79 Å². The Morgan fingerprint density at radius 2 is 1.67 bits per heavy atom. The van der Waals surface area contributed by atoms with Crippen LogP contribution in [0.5, 0.6) is 0 Å². The summed E-state index contributed by atoms with van der Waals surface area (Å²) in [5, 5.41) is 2.79. The zero-order valence-electron chi connectivity index (χ0n) is 15.9. The van der Waals surface area contributed by atoms with Crippen LogP contribution in [0.1, 0.15) is 12.0 Å². The van der Waals surface area contributed by atoms with Gasteiger partial charge in [-0.05, 0) is 42.3 Å². The van der Waals surface area contributed by atoms with Crippen molar-refractivity contribution in [3.63, 3.8) is 0 Å². The third kappa shape index (κ3) is 5.27. The summed E-state index contributed by atoms with van der Waals surface area (Å²) in [5.74, 6) is -0.570. The van der Waals surface area contributed by atoms with Gasteiger partial charge >= 0.3 is 0 Å². The first kappa shape index (κ1) is 20.9. The standard InChI is InChI=1S/C19H24FN3O3S/c1-22(2)18-11-10-16(27(25,26)23(3)4)13-17(18)21-19(24)12-7-14-5-8-15(20)9-6-14/h5-6,8-11,13H,7,12H2,1-4H3,(H,21,24). The number of carbonyl (C=O) groups is 1. The molecule has 0 unspecified atom stereocenters. The minimum atomic E-state index is -3.61. The van der Waals surface area contributed by atoms with Crippen LogP contribution in [-0.2, 0) is 21.2 Å². The van der Waals surface area contributed by atoms with Crippen LogP contribution in [0.4, 0.5) is 15.8 Å². The quantitative estimate of drug-likeness (QED) is 0.785. The number of halogens is 1. The second kappa shape index (κ2) is 8.49. The van der Waals surface area contributed by atoms with Crippen LogP contribution < -0.4 is 10.2 Å². The van der Waals surface area contributed by atoms with E-state index in [-0.39, 0.29) is 23.0 Å². The van der Waals surface area contributed by atoms with Crippen molar-refractivity contribution in [3.8, 4) is 0 Å². The number of amides is 1. The van der Waals surface area contributed by atoms with Crippen molar-refractivity contribution in [2.45, 2.75) is 17.7 Å². The zero-order chi connectivity index (χ0) is 20.2. The van der Waals surface area contributed by atoms with Crippen LogP contribution in [0.15, 0.2) is 47.4 Å². The molecular weight excluding hydrogens is 369 g/mol. The summed E-state index contributed by atoms with van der Waals surface area (Å²) >= 11 is 0. The van der Waals surface area contributed by atoms with E-state index in [0.717, 1.165) is 9.87 Å². The number of hydrogen-bond donors (Lipinski definition) is 1. The second-order valence-electron chi connectivity index (χ2n) is 6.54. The Bertz CT molecular complexity index is 910. The summed E-state index contributed by atoms with van der Waals surface area (Å²) in [6.07, 6.45) is 0.655. The molecule has 0 atom stereocenters. The molecule has 6 nitrogen and oxygen atoms in total. The van der Waals surface area contributed by atoms with Gasteiger partial charge in [-0.2, -0.15) is 0 Å². The maximum atomic E-state index is 12.9. The molecule has 0 aliphatic carbocycles. The Balaban J connectivity index is 2.19. The van der Waals surface area contributed by atoms with Crippen LogP contribution in [0.25, 0.3) is 0 Å². The predicted octanol–water partition coefficient (Wildman–Crippen LogP) is 2.71. The first-order chi connectivity index (χ1) is 12.6. The number of carbonyl (C=O) groups excluding carboxylic acids is 1. The molecule has 27 heavy (non-hydrogen) atoms. The van der Waals surface area contributed by atoms with Gasteiger partial charge < -0.3 is 10.2 Å². The topological polar surface area (TPSA) is 69.7 Å². The summed E-state index contributed by atoms with van der Waals surface area (Å²) < 4.78 is 38.8. The van der Waals surface area contributed by atoms with Crippen molar-refractivity contribution in [3.05, 3.63) is 53.8 Å². The summed E-state index contributed by atoms with van der Waals surface area (Å²) in [6.45, 7) is 0. The molecule has 2 rings (SSSR count). The van der Waals surface area contributed by atoms with Gasteiger partial charge in [-0.25, -0.2) is 17.1 Å². The SMILES string of the molecule is CN(C)c1ccc(S(=O)(=O)N(C)C)cc1NC(=O)CCc1ccc(F)cc1. The largest absolute Gasteiger partial charge is 0.376 e. The molecule has 1 N–H and O–H groups in total. The molecule has 2 aromatic carbocycles. The Morgan fingerprint density at radius 3 is 2.22 bits per heavy atom. The van der Waals surface area contributed by atoms with Crippen LogP contribution in [0.2, 0.25) is 0 Å². The van der Waals surface area contributed by atoms with E-state index in [1.807, 2.05) is 14.1 Å². The fourth-order valence-corrected chi connectivity index (χ4v) is 3.43. The molecule has 1 amide bonds. The molecule has 8 heteroatoms. The highest BCUT2D eigenvalue weighted by Gasteiger charge is 2.20. The maximum Gasteiger partial charge on any atom is 0.242 e. The van der Waals surface area contributed by atoms with Gasteiger partial charge in [0, 0.05) is 34.6 Å². The lowest BCUT2D eigenvalue weighted by molar-refractivity contribution is -0.116. The lowest BCUT2D eigenvalue weighted by Gasteiger charge is -2.20. The molecule has 2 aromatic rings. The van der Waals surface area contributed by atoms with Crippen molar-refractivity contribution < 1.29 is 17.6 Å². The number of rotatable bonds is 7. The van der Waals surface area contributed by atoms with E-state index < -0.39 is 10.0 Å². The number of anilines is 2. The first-order valence-electron chi connectivity index (χ1n) is 8.39. The summed E-state index contributed by atoms with van der Waals surface area (Å²) in [5.41, 5.74) is 1.97. The van der Waals surface area contributed by atoms with Crippen molar-refractivity contribution in [2.75, 3.05) is 38.4 Å². The normalized spacial score (nSPS) is 11.5. The fourth-order valence-electron chi connectivity index (χ4n) is 2.50. The van der Waals surface area contributed by atoms with Crippen LogP contribution >= 0.6 is 0 Å². The number of sulfonamides is 1. The average molecular weight is 393 g/mol. The molecular formula is C19H24FN3O3S. The van der Waals surface area contributed by atoms with Gasteiger partial charge in [0.2, 0.25) is 15.9 Å². The molecule has 0 saturated heterocycles. The monoisotopic (exact) mass is 393 g/mol. The van der Waals surface area contributed by atoms with E-state index in [4.69, 9.17) is 0 Å². The van der Waals surface area contributed by atoms with Crippen molar-refractivity contribution >= 4 is 27.3 Å². The van der Waals surface area contributed by atoms with E-state index in [1.165, 1.54) is 38.4 Å². The van der Waals surface area contributed by atoms with E-state index in [2.05, 4.69) is 5.32 Å². The van der Waals surface area contributed by atoms with Gasteiger partial charge in [-0.1, -0.05) is 12.1 Å². The predicted molar refractivity (Wildman–Crippen MR) is 105 cm³/mol. The molecule has 146 valence electrons. The van der Waals surface area contributed by atoms with E-state index in [9.17, 15) is 17.6 Å². The number of nitrogens with one attached hydrogen (secondary N) is 1. The molecule has 0 bridgehead atoms. The van der Waals surface area contributed by atoms with Crippen molar-refractivity contribution in [1.29, 1.82) is 0 Å². The van der Waals surface area contributed by atoms with Crippen LogP contribution in [-0.4, -0.2) is 46.8 Å². The minimum Gasteiger partial charge on any atom is -0.376 e. The van der Waals surface area contributed by atoms with Crippen molar-refractivity contribution in [2.24, 2.45) is 0 Å². The maximum absolute atomic E-state index is 12.9. The molecule has 0 fully saturated rings. The highest BCUT2D eigenvalue weighted by Crippen LogP contribution is 2.28. The third-order valence-corrected chi connectivity index (χ3v) is 5.87. The fraction of sp³-hybridized carbons (Fsp3) is 0.316. The molecule has 0 saturated carbocycles. The minimum absolute atomic E-state index is 0.104. The molecule has 0 heterocycles. The Hall–Kier alpha value is -2.45. The molecule has 0 radical (unpaired) electrons. The summed E-state index contributed by atoms with van der Waals surface area (Å²) in [4.78, 5) is 14.3. The summed E-state index contributed by atoms with van der Waals surface area (Å²) in [6, 6.07) is 10.6. The van der Waals surface area contributed by atoms with Gasteiger partial charge in [0.05, 0.1) is 16.3 Å². The summed E-state index contributed by atoms with van der Waals surface area (Å²) in [7, 11) is 2.92. The van der Waals surface area contributed by atoms with Gasteiger partial charge in [0.1, 0.15) is 5.82 Å². The Labute approximate surface area is 159 Å². The lowest BCUT2D eigenvalue weighted by atomic mass is 10.1. The van der Waals surface area contributed by atoms with E-state index in [1.54, 1.807) is 23.1 Å².